The number of anilines is 1. The van der Waals surface area contributed by atoms with E-state index in [-0.39, 0.29) is 16.7 Å². The number of amides is 1. The smallest absolute Gasteiger partial charge is 0.261 e. The van der Waals surface area contributed by atoms with E-state index in [0.29, 0.717) is 35.8 Å². The number of nitrogens with one attached hydrogen (secondary N) is 1. The van der Waals surface area contributed by atoms with Gasteiger partial charge in [0.1, 0.15) is 5.56 Å². The third kappa shape index (κ3) is 4.06. The van der Waals surface area contributed by atoms with Gasteiger partial charge in [0.25, 0.3) is 5.91 Å². The largest absolute Gasteiger partial charge is 0.360 e. The molecular weight excluding hydrogens is 366 g/mol. The molecule has 1 amide bonds. The van der Waals surface area contributed by atoms with Gasteiger partial charge in [-0.15, -0.1) is 0 Å². The predicted molar refractivity (Wildman–Crippen MR) is 102 cm³/mol. The van der Waals surface area contributed by atoms with E-state index in [1.54, 1.807) is 25.1 Å². The maximum absolute atomic E-state index is 12.8. The first-order valence-corrected chi connectivity index (χ1v) is 10.6. The molecule has 1 aromatic heterocycles. The van der Waals surface area contributed by atoms with Crippen LogP contribution in [-0.2, 0) is 10.0 Å². The van der Waals surface area contributed by atoms with Crippen LogP contribution in [0.2, 0.25) is 0 Å². The molecule has 0 atom stereocenters. The van der Waals surface area contributed by atoms with Gasteiger partial charge in [-0.2, -0.15) is 4.31 Å². The topological polar surface area (TPSA) is 92.5 Å². The maximum atomic E-state index is 12.8. The fourth-order valence-electron chi connectivity index (χ4n) is 3.24. The average Bonchev–Trinajstić information content (AvgIpc) is 3.04. The zero-order chi connectivity index (χ0) is 19.6. The van der Waals surface area contributed by atoms with Crippen LogP contribution >= 0.6 is 0 Å². The van der Waals surface area contributed by atoms with E-state index >= 15 is 0 Å². The van der Waals surface area contributed by atoms with Crippen LogP contribution in [0.5, 0.6) is 0 Å². The molecule has 2 heterocycles. The fourth-order valence-corrected chi connectivity index (χ4v) is 4.80. The van der Waals surface area contributed by atoms with E-state index in [0.717, 1.165) is 19.3 Å². The van der Waals surface area contributed by atoms with Crippen molar-refractivity contribution in [3.05, 3.63) is 41.3 Å². The van der Waals surface area contributed by atoms with Crippen LogP contribution in [0, 0.1) is 6.92 Å². The third-order valence-electron chi connectivity index (χ3n) is 4.69. The zero-order valence-corrected chi connectivity index (χ0v) is 16.7. The van der Waals surface area contributed by atoms with E-state index in [1.807, 2.05) is 13.8 Å². The molecule has 2 aromatic rings. The number of nitrogens with zero attached hydrogens (tertiary/aromatic N) is 2. The number of rotatable bonds is 5. The van der Waals surface area contributed by atoms with Crippen molar-refractivity contribution >= 4 is 21.6 Å². The number of aromatic nitrogens is 1. The summed E-state index contributed by atoms with van der Waals surface area (Å²) in [6.07, 6.45) is 2.80. The Hall–Kier alpha value is -2.19. The Kier molecular flexibility index (Phi) is 5.67. The summed E-state index contributed by atoms with van der Waals surface area (Å²) in [7, 11) is -3.55. The minimum absolute atomic E-state index is 0.0118. The number of piperidine rings is 1. The van der Waals surface area contributed by atoms with E-state index in [1.165, 1.54) is 10.4 Å². The standard InChI is InChI=1S/C19H25N3O4S/c1-13(2)18-17(14(3)21-26-18)19(23)20-15-8-7-9-16(12-15)27(24,25)22-10-5-4-6-11-22/h7-9,12-13H,4-6,10-11H2,1-3H3,(H,20,23). The van der Waals surface area contributed by atoms with Crippen molar-refractivity contribution in [3.63, 3.8) is 0 Å². The molecule has 1 fully saturated rings. The van der Waals surface area contributed by atoms with Crippen molar-refractivity contribution in [1.29, 1.82) is 0 Å². The van der Waals surface area contributed by atoms with Crippen LogP contribution in [0.3, 0.4) is 0 Å². The molecule has 0 bridgehead atoms. The fraction of sp³-hybridized carbons (Fsp3) is 0.474. The molecule has 1 saturated heterocycles. The van der Waals surface area contributed by atoms with Crippen LogP contribution in [0.1, 0.15) is 60.8 Å². The normalized spacial score (nSPS) is 15.9. The molecule has 8 heteroatoms. The molecule has 1 aliphatic heterocycles. The highest BCUT2D eigenvalue weighted by Crippen LogP contribution is 2.25. The summed E-state index contributed by atoms with van der Waals surface area (Å²) in [5, 5.41) is 6.65. The van der Waals surface area contributed by atoms with Crippen LogP contribution < -0.4 is 5.32 Å². The van der Waals surface area contributed by atoms with Crippen molar-refractivity contribution in [3.8, 4) is 0 Å². The molecule has 1 aliphatic rings. The van der Waals surface area contributed by atoms with Crippen LogP contribution in [0.4, 0.5) is 5.69 Å². The molecule has 3 rings (SSSR count). The van der Waals surface area contributed by atoms with Gasteiger partial charge in [-0.3, -0.25) is 4.79 Å². The summed E-state index contributed by atoms with van der Waals surface area (Å²) < 4.78 is 32.5. The first kappa shape index (κ1) is 19.6. The van der Waals surface area contributed by atoms with Crippen molar-refractivity contribution in [2.24, 2.45) is 0 Å². The van der Waals surface area contributed by atoms with E-state index in [4.69, 9.17) is 4.52 Å². The Balaban J connectivity index is 1.84. The maximum Gasteiger partial charge on any atom is 0.261 e. The lowest BCUT2D eigenvalue weighted by Crippen LogP contribution is -2.35. The summed E-state index contributed by atoms with van der Waals surface area (Å²) in [5.41, 5.74) is 1.33. The van der Waals surface area contributed by atoms with Crippen LogP contribution in [-0.4, -0.2) is 36.9 Å². The Labute approximate surface area is 159 Å². The van der Waals surface area contributed by atoms with Gasteiger partial charge in [-0.05, 0) is 38.0 Å². The molecule has 0 saturated carbocycles. The first-order valence-electron chi connectivity index (χ1n) is 9.18. The Morgan fingerprint density at radius 2 is 1.93 bits per heavy atom. The number of benzene rings is 1. The van der Waals surface area contributed by atoms with Gasteiger partial charge in [-0.25, -0.2) is 8.42 Å². The number of hydrogen-bond acceptors (Lipinski definition) is 5. The van der Waals surface area contributed by atoms with E-state index in [2.05, 4.69) is 10.5 Å². The molecule has 1 N–H and O–H groups in total. The molecule has 0 aliphatic carbocycles. The number of carbonyl (C=O) groups excluding carboxylic acids is 1. The number of aryl methyl sites for hydroxylation is 1. The quantitative estimate of drug-likeness (QED) is 0.842. The van der Waals surface area contributed by atoms with Gasteiger partial charge >= 0.3 is 0 Å². The van der Waals surface area contributed by atoms with Crippen LogP contribution in [0.15, 0.2) is 33.7 Å². The monoisotopic (exact) mass is 391 g/mol. The summed E-state index contributed by atoms with van der Waals surface area (Å²) in [6, 6.07) is 6.37. The van der Waals surface area contributed by atoms with Crippen molar-refractivity contribution in [2.75, 3.05) is 18.4 Å². The lowest BCUT2D eigenvalue weighted by molar-refractivity contribution is 0.102. The average molecular weight is 391 g/mol. The Morgan fingerprint density at radius 1 is 1.22 bits per heavy atom. The minimum Gasteiger partial charge on any atom is -0.360 e. The van der Waals surface area contributed by atoms with Crippen LogP contribution in [0.25, 0.3) is 0 Å². The van der Waals surface area contributed by atoms with E-state index < -0.39 is 10.0 Å². The Morgan fingerprint density at radius 3 is 2.59 bits per heavy atom. The second-order valence-corrected chi connectivity index (χ2v) is 9.05. The molecule has 0 unspecified atom stereocenters. The third-order valence-corrected chi connectivity index (χ3v) is 6.58. The van der Waals surface area contributed by atoms with Gasteiger partial charge in [0.05, 0.1) is 10.6 Å². The molecule has 1 aromatic carbocycles. The summed E-state index contributed by atoms with van der Waals surface area (Å²) in [4.78, 5) is 12.9. The summed E-state index contributed by atoms with van der Waals surface area (Å²) >= 11 is 0. The number of carbonyl (C=O) groups is 1. The molecule has 0 spiro atoms. The second kappa shape index (κ2) is 7.82. The molecule has 146 valence electrons. The summed E-state index contributed by atoms with van der Waals surface area (Å²) in [6.45, 7) is 6.62. The highest BCUT2D eigenvalue weighted by Gasteiger charge is 2.27. The second-order valence-electron chi connectivity index (χ2n) is 7.11. The minimum atomic E-state index is -3.55. The lowest BCUT2D eigenvalue weighted by Gasteiger charge is -2.26. The van der Waals surface area contributed by atoms with Gasteiger partial charge in [-0.1, -0.05) is 31.5 Å². The number of hydrogen-bond donors (Lipinski definition) is 1. The first-order chi connectivity index (χ1) is 12.8. The van der Waals surface area contributed by atoms with Gasteiger partial charge in [0.15, 0.2) is 5.76 Å². The molecule has 0 radical (unpaired) electrons. The number of sulfonamides is 1. The zero-order valence-electron chi connectivity index (χ0n) is 15.9. The van der Waals surface area contributed by atoms with Gasteiger partial charge < -0.3 is 9.84 Å². The van der Waals surface area contributed by atoms with Crippen molar-refractivity contribution < 1.29 is 17.7 Å². The molecule has 27 heavy (non-hydrogen) atoms. The van der Waals surface area contributed by atoms with Gasteiger partial charge in [0.2, 0.25) is 10.0 Å². The van der Waals surface area contributed by atoms with Gasteiger partial charge in [0, 0.05) is 24.7 Å². The SMILES string of the molecule is Cc1noc(C(C)C)c1C(=O)Nc1cccc(S(=O)(=O)N2CCCCC2)c1. The predicted octanol–water partition coefficient (Wildman–Crippen LogP) is 3.53. The highest BCUT2D eigenvalue weighted by molar-refractivity contribution is 7.89. The lowest BCUT2D eigenvalue weighted by atomic mass is 10.0. The molecule has 7 nitrogen and oxygen atoms in total. The highest BCUT2D eigenvalue weighted by atomic mass is 32.2. The summed E-state index contributed by atoms with van der Waals surface area (Å²) in [5.74, 6) is 0.171. The molecular formula is C19H25N3O4S. The Bertz CT molecular complexity index is 928. The van der Waals surface area contributed by atoms with Crippen molar-refractivity contribution in [1.82, 2.24) is 9.46 Å². The van der Waals surface area contributed by atoms with E-state index in [9.17, 15) is 13.2 Å². The van der Waals surface area contributed by atoms with Crippen molar-refractivity contribution in [2.45, 2.75) is 50.8 Å².